The van der Waals surface area contributed by atoms with Gasteiger partial charge in [-0.25, -0.2) is 0 Å². The molecule has 0 aliphatic rings. The number of unbranched alkanes of at least 4 members (excludes halogenated alkanes) is 17. The number of esters is 2. The fraction of sp³-hybridized carbons (Fsp3) is 0.938. The Labute approximate surface area is 229 Å². The molecule has 0 saturated heterocycles. The van der Waals surface area contributed by atoms with Gasteiger partial charge in [-0.1, -0.05) is 143 Å². The van der Waals surface area contributed by atoms with E-state index < -0.39 is 6.10 Å². The largest absolute Gasteiger partial charge is 0.463 e. The summed E-state index contributed by atoms with van der Waals surface area (Å²) in [6.45, 7) is 6.60. The summed E-state index contributed by atoms with van der Waals surface area (Å²) in [6, 6.07) is 0. The Morgan fingerprint density at radius 2 is 0.919 bits per heavy atom. The van der Waals surface area contributed by atoms with Gasteiger partial charge in [0.1, 0.15) is 19.3 Å². The predicted octanol–water partition coefficient (Wildman–Crippen LogP) is 9.08. The number of aliphatic hydroxyl groups is 1. The van der Waals surface area contributed by atoms with Gasteiger partial charge in [-0.2, -0.15) is 0 Å². The highest BCUT2D eigenvalue weighted by Gasteiger charge is 2.12. The zero-order chi connectivity index (χ0) is 27.4. The first-order valence-corrected chi connectivity index (χ1v) is 16.0. The molecule has 0 spiro atoms. The molecule has 0 aliphatic carbocycles. The van der Waals surface area contributed by atoms with Crippen LogP contribution in [0.2, 0.25) is 0 Å². The van der Waals surface area contributed by atoms with Crippen LogP contribution in [0.25, 0.3) is 0 Å². The molecule has 220 valence electrons. The van der Waals surface area contributed by atoms with Gasteiger partial charge >= 0.3 is 11.9 Å². The summed E-state index contributed by atoms with van der Waals surface area (Å²) in [6.07, 6.45) is 26.0. The van der Waals surface area contributed by atoms with Crippen molar-refractivity contribution in [1.82, 2.24) is 0 Å². The monoisotopic (exact) mass is 526 g/mol. The van der Waals surface area contributed by atoms with E-state index in [1.807, 2.05) is 0 Å². The number of carbonyl (C=O) groups excluding carboxylic acids is 2. The lowest BCUT2D eigenvalue weighted by Crippen LogP contribution is -2.25. The molecule has 2 atom stereocenters. The summed E-state index contributed by atoms with van der Waals surface area (Å²) in [7, 11) is 0. The van der Waals surface area contributed by atoms with Crippen LogP contribution in [-0.4, -0.2) is 36.4 Å². The van der Waals surface area contributed by atoms with Gasteiger partial charge in [-0.3, -0.25) is 9.59 Å². The quantitative estimate of drug-likeness (QED) is 0.0813. The average Bonchev–Trinajstić information content (AvgIpc) is 2.90. The molecule has 0 heterocycles. The molecule has 0 fully saturated rings. The number of ether oxygens (including phenoxy) is 2. The van der Waals surface area contributed by atoms with E-state index in [0.717, 1.165) is 38.0 Å². The van der Waals surface area contributed by atoms with Gasteiger partial charge < -0.3 is 14.6 Å². The van der Waals surface area contributed by atoms with Crippen molar-refractivity contribution in [3.8, 4) is 0 Å². The summed E-state index contributed by atoms with van der Waals surface area (Å²) >= 11 is 0. The molecule has 5 heteroatoms. The van der Waals surface area contributed by atoms with Crippen LogP contribution in [0.5, 0.6) is 0 Å². The normalized spacial score (nSPS) is 12.9. The summed E-state index contributed by atoms with van der Waals surface area (Å²) < 4.78 is 10.2. The van der Waals surface area contributed by atoms with Crippen molar-refractivity contribution in [2.75, 3.05) is 13.2 Å². The van der Waals surface area contributed by atoms with Crippen molar-refractivity contribution in [2.45, 2.75) is 175 Å². The molecule has 37 heavy (non-hydrogen) atoms. The fourth-order valence-corrected chi connectivity index (χ4v) is 4.53. The maximum Gasteiger partial charge on any atom is 0.305 e. The minimum atomic E-state index is -0.951. The average molecular weight is 527 g/mol. The van der Waals surface area contributed by atoms with Crippen molar-refractivity contribution >= 4 is 11.9 Å². The first-order chi connectivity index (χ1) is 18.0. The highest BCUT2D eigenvalue weighted by Crippen LogP contribution is 2.16. The second kappa shape index (κ2) is 27.9. The zero-order valence-corrected chi connectivity index (χ0v) is 24.9. The molecule has 0 rings (SSSR count). The number of hydrogen-bond donors (Lipinski definition) is 1. The molecule has 5 nitrogen and oxygen atoms in total. The van der Waals surface area contributed by atoms with Gasteiger partial charge in [0, 0.05) is 12.8 Å². The van der Waals surface area contributed by atoms with Crippen LogP contribution in [0.15, 0.2) is 0 Å². The lowest BCUT2D eigenvalue weighted by Gasteiger charge is -2.12. The maximum absolute atomic E-state index is 11.8. The third-order valence-corrected chi connectivity index (χ3v) is 7.38. The van der Waals surface area contributed by atoms with Crippen molar-refractivity contribution in [3.63, 3.8) is 0 Å². The van der Waals surface area contributed by atoms with E-state index in [9.17, 15) is 14.7 Å². The predicted molar refractivity (Wildman–Crippen MR) is 155 cm³/mol. The van der Waals surface area contributed by atoms with Crippen molar-refractivity contribution in [1.29, 1.82) is 0 Å². The van der Waals surface area contributed by atoms with Crippen LogP contribution < -0.4 is 0 Å². The molecule has 0 aromatic carbocycles. The Bertz CT molecular complexity index is 507. The summed E-state index contributed by atoms with van der Waals surface area (Å²) in [4.78, 5) is 23.5. The highest BCUT2D eigenvalue weighted by molar-refractivity contribution is 5.69. The van der Waals surface area contributed by atoms with Crippen molar-refractivity contribution in [2.24, 2.45) is 5.92 Å². The topological polar surface area (TPSA) is 72.8 Å². The van der Waals surface area contributed by atoms with Gasteiger partial charge in [0.25, 0.3) is 0 Å². The molecule has 0 aromatic heterocycles. The van der Waals surface area contributed by atoms with Gasteiger partial charge in [0.05, 0.1) is 0 Å². The smallest absolute Gasteiger partial charge is 0.305 e. The summed E-state index contributed by atoms with van der Waals surface area (Å²) in [5.41, 5.74) is 0. The molecule has 0 bridgehead atoms. The molecule has 1 unspecified atom stereocenters. The van der Waals surface area contributed by atoms with Crippen LogP contribution in [0, 0.1) is 5.92 Å². The molecular formula is C32H62O5. The molecule has 0 aromatic rings. The SMILES string of the molecule is CCCCCCCC(=O)OC[C@@H](O)COC(=O)CCCCCCCCCCCCCCCCC(C)CC. The van der Waals surface area contributed by atoms with Crippen LogP contribution >= 0.6 is 0 Å². The van der Waals surface area contributed by atoms with E-state index in [4.69, 9.17) is 9.47 Å². The Balaban J connectivity index is 3.36. The van der Waals surface area contributed by atoms with Crippen LogP contribution in [-0.2, 0) is 19.1 Å². The van der Waals surface area contributed by atoms with Gasteiger partial charge in [-0.05, 0) is 18.8 Å². The molecule has 0 radical (unpaired) electrons. The maximum atomic E-state index is 11.8. The first kappa shape index (κ1) is 35.9. The lowest BCUT2D eigenvalue weighted by atomic mass is 9.99. The minimum absolute atomic E-state index is 0.110. The molecular weight excluding hydrogens is 464 g/mol. The Morgan fingerprint density at radius 1 is 0.568 bits per heavy atom. The van der Waals surface area contributed by atoms with E-state index in [1.54, 1.807) is 0 Å². The second-order valence-corrected chi connectivity index (χ2v) is 11.2. The zero-order valence-electron chi connectivity index (χ0n) is 24.9. The van der Waals surface area contributed by atoms with E-state index in [1.165, 1.54) is 103 Å². The molecule has 0 amide bonds. The second-order valence-electron chi connectivity index (χ2n) is 11.2. The number of aliphatic hydroxyl groups excluding tert-OH is 1. The summed E-state index contributed by atoms with van der Waals surface area (Å²) in [5, 5.41) is 9.86. The van der Waals surface area contributed by atoms with E-state index >= 15 is 0 Å². The Hall–Kier alpha value is -1.10. The fourth-order valence-electron chi connectivity index (χ4n) is 4.53. The Morgan fingerprint density at radius 3 is 1.30 bits per heavy atom. The number of rotatable bonds is 28. The molecule has 0 aliphatic heterocycles. The molecule has 0 saturated carbocycles. The van der Waals surface area contributed by atoms with Gasteiger partial charge in [0.15, 0.2) is 0 Å². The van der Waals surface area contributed by atoms with Crippen LogP contribution in [0.3, 0.4) is 0 Å². The van der Waals surface area contributed by atoms with E-state index in [-0.39, 0.29) is 25.2 Å². The molecule has 1 N–H and O–H groups in total. The van der Waals surface area contributed by atoms with E-state index in [2.05, 4.69) is 20.8 Å². The number of hydrogen-bond acceptors (Lipinski definition) is 5. The summed E-state index contributed by atoms with van der Waals surface area (Å²) in [5.74, 6) is 0.332. The van der Waals surface area contributed by atoms with Crippen molar-refractivity contribution < 1.29 is 24.2 Å². The standard InChI is InChI=1S/C32H62O5/c1-4-6-7-18-22-25-31(34)36-27-30(33)28-37-32(35)26-23-20-17-15-13-11-9-8-10-12-14-16-19-21-24-29(3)5-2/h29-30,33H,4-28H2,1-3H3/t29?,30-/m1/s1. The lowest BCUT2D eigenvalue weighted by molar-refractivity contribution is -0.152. The van der Waals surface area contributed by atoms with Crippen molar-refractivity contribution in [3.05, 3.63) is 0 Å². The number of carbonyl (C=O) groups is 2. The van der Waals surface area contributed by atoms with E-state index in [0.29, 0.717) is 12.8 Å². The first-order valence-electron chi connectivity index (χ1n) is 16.0. The Kier molecular flexibility index (Phi) is 27.1. The van der Waals surface area contributed by atoms with Crippen LogP contribution in [0.1, 0.15) is 168 Å². The third kappa shape index (κ3) is 27.7. The van der Waals surface area contributed by atoms with Gasteiger partial charge in [-0.15, -0.1) is 0 Å². The highest BCUT2D eigenvalue weighted by atomic mass is 16.6. The third-order valence-electron chi connectivity index (χ3n) is 7.38. The van der Waals surface area contributed by atoms with Crippen LogP contribution in [0.4, 0.5) is 0 Å². The minimum Gasteiger partial charge on any atom is -0.463 e. The van der Waals surface area contributed by atoms with Gasteiger partial charge in [0.2, 0.25) is 0 Å².